The van der Waals surface area contributed by atoms with E-state index in [1.165, 1.54) is 0 Å². The Kier molecular flexibility index (Phi) is 1.88. The number of carboxylic acids is 1. The van der Waals surface area contributed by atoms with Crippen molar-refractivity contribution in [3.05, 3.63) is 6.20 Å². The molecule has 2 N–H and O–H groups in total. The van der Waals surface area contributed by atoms with Gasteiger partial charge in [0.2, 0.25) is 0 Å². The Labute approximate surface area is 74.6 Å². The van der Waals surface area contributed by atoms with Gasteiger partial charge in [-0.2, -0.15) is 0 Å². The molecule has 0 saturated carbocycles. The first kappa shape index (κ1) is 8.03. The first-order valence-corrected chi connectivity index (χ1v) is 4.15. The normalized spacial score (nSPS) is 22.2. The van der Waals surface area contributed by atoms with E-state index in [9.17, 15) is 4.79 Å². The van der Waals surface area contributed by atoms with Crippen LogP contribution in [0.5, 0.6) is 0 Å². The molecular weight excluding hydrogens is 172 g/mol. The van der Waals surface area contributed by atoms with Gasteiger partial charge in [-0.25, -0.2) is 4.79 Å². The Morgan fingerprint density at radius 2 is 2.62 bits per heavy atom. The van der Waals surface area contributed by atoms with Crippen LogP contribution >= 0.6 is 0 Å². The van der Waals surface area contributed by atoms with Crippen molar-refractivity contribution in [2.24, 2.45) is 0 Å². The van der Waals surface area contributed by atoms with E-state index in [0.29, 0.717) is 12.2 Å². The first-order chi connectivity index (χ1) is 6.29. The van der Waals surface area contributed by atoms with Gasteiger partial charge >= 0.3 is 5.97 Å². The zero-order valence-corrected chi connectivity index (χ0v) is 6.97. The average Bonchev–Trinajstić information content (AvgIpc) is 2.74. The van der Waals surface area contributed by atoms with Gasteiger partial charge in [0.1, 0.15) is 6.04 Å². The van der Waals surface area contributed by atoms with Gasteiger partial charge in [-0.05, 0) is 12.8 Å². The maximum Gasteiger partial charge on any atom is 0.326 e. The van der Waals surface area contributed by atoms with E-state index < -0.39 is 12.0 Å². The first-order valence-electron chi connectivity index (χ1n) is 4.15. The molecule has 0 unspecified atom stereocenters. The number of hydrogen-bond donors (Lipinski definition) is 2. The van der Waals surface area contributed by atoms with Gasteiger partial charge in [-0.15, -0.1) is 5.10 Å². The summed E-state index contributed by atoms with van der Waals surface area (Å²) in [4.78, 5) is 12.6. The third-order valence-electron chi connectivity index (χ3n) is 2.24. The van der Waals surface area contributed by atoms with Gasteiger partial charge in [0.05, 0.1) is 6.20 Å². The number of carboxylic acid groups (broad SMARTS) is 1. The van der Waals surface area contributed by atoms with Crippen LogP contribution in [0.3, 0.4) is 0 Å². The second kappa shape index (κ2) is 3.04. The fraction of sp³-hybridized carbons (Fsp3) is 0.571. The fourth-order valence-electron chi connectivity index (χ4n) is 1.63. The molecule has 1 saturated heterocycles. The molecule has 0 spiro atoms. The van der Waals surface area contributed by atoms with Crippen LogP contribution in [0.4, 0.5) is 5.82 Å². The number of hydrogen-bond acceptors (Lipinski definition) is 4. The van der Waals surface area contributed by atoms with E-state index in [0.717, 1.165) is 13.0 Å². The number of rotatable bonds is 2. The molecule has 1 aliphatic rings. The Morgan fingerprint density at radius 3 is 3.23 bits per heavy atom. The smallest absolute Gasteiger partial charge is 0.326 e. The maximum atomic E-state index is 10.8. The molecular formula is C7H10N4O2. The zero-order chi connectivity index (χ0) is 9.26. The van der Waals surface area contributed by atoms with Crippen molar-refractivity contribution >= 4 is 11.8 Å². The van der Waals surface area contributed by atoms with Crippen molar-refractivity contribution in [2.45, 2.75) is 18.9 Å². The maximum absolute atomic E-state index is 10.8. The van der Waals surface area contributed by atoms with Gasteiger partial charge in [0.25, 0.3) is 0 Å². The summed E-state index contributed by atoms with van der Waals surface area (Å²) in [6, 6.07) is -0.440. The number of nitrogens with zero attached hydrogens (tertiary/aromatic N) is 3. The standard InChI is InChI=1S/C7H10N4O2/c12-7(13)5-2-1-3-11(5)6-4-8-10-9-6/h4-5H,1-3H2,(H,12,13)(H,8,9,10)/t5-/m0/s1. The fourth-order valence-corrected chi connectivity index (χ4v) is 1.63. The number of aliphatic carboxylic acids is 1. The average molecular weight is 182 g/mol. The SMILES string of the molecule is O=C(O)[C@@H]1CCCN1c1c[nH]nn1. The van der Waals surface area contributed by atoms with E-state index in [2.05, 4.69) is 15.4 Å². The molecule has 2 heterocycles. The number of nitrogens with one attached hydrogen (secondary N) is 1. The molecule has 2 rings (SSSR count). The van der Waals surface area contributed by atoms with Crippen LogP contribution < -0.4 is 4.90 Å². The molecule has 1 aromatic rings. The van der Waals surface area contributed by atoms with Crippen LogP contribution in [0, 0.1) is 0 Å². The van der Waals surface area contributed by atoms with Gasteiger partial charge < -0.3 is 10.0 Å². The second-order valence-corrected chi connectivity index (χ2v) is 3.02. The molecule has 0 aromatic carbocycles. The molecule has 6 heteroatoms. The van der Waals surface area contributed by atoms with Crippen LogP contribution in [0.2, 0.25) is 0 Å². The quantitative estimate of drug-likeness (QED) is 0.665. The monoisotopic (exact) mass is 182 g/mol. The molecule has 70 valence electrons. The second-order valence-electron chi connectivity index (χ2n) is 3.02. The summed E-state index contributed by atoms with van der Waals surface area (Å²) in [5, 5.41) is 18.8. The molecule has 0 radical (unpaired) electrons. The summed E-state index contributed by atoms with van der Waals surface area (Å²) in [6.45, 7) is 0.740. The van der Waals surface area contributed by atoms with E-state index in [1.807, 2.05) is 0 Å². The van der Waals surface area contributed by atoms with Crippen molar-refractivity contribution in [1.29, 1.82) is 0 Å². The molecule has 0 aliphatic carbocycles. The van der Waals surface area contributed by atoms with Crippen LogP contribution in [0.25, 0.3) is 0 Å². The summed E-state index contributed by atoms with van der Waals surface area (Å²) in [5.41, 5.74) is 0. The van der Waals surface area contributed by atoms with Gasteiger partial charge in [0, 0.05) is 6.54 Å². The molecule has 1 fully saturated rings. The molecule has 13 heavy (non-hydrogen) atoms. The van der Waals surface area contributed by atoms with Crippen molar-refractivity contribution in [1.82, 2.24) is 15.4 Å². The lowest BCUT2D eigenvalue weighted by atomic mass is 10.2. The minimum absolute atomic E-state index is 0.440. The summed E-state index contributed by atoms with van der Waals surface area (Å²) in [7, 11) is 0. The van der Waals surface area contributed by atoms with Crippen LogP contribution in [-0.2, 0) is 4.79 Å². The highest BCUT2D eigenvalue weighted by Crippen LogP contribution is 2.22. The predicted molar refractivity (Wildman–Crippen MR) is 44.4 cm³/mol. The number of aromatic nitrogens is 3. The molecule has 0 bridgehead atoms. The topological polar surface area (TPSA) is 82.1 Å². The van der Waals surface area contributed by atoms with E-state index in [4.69, 9.17) is 5.11 Å². The van der Waals surface area contributed by atoms with Crippen molar-refractivity contribution < 1.29 is 9.90 Å². The highest BCUT2D eigenvalue weighted by Gasteiger charge is 2.31. The van der Waals surface area contributed by atoms with Gasteiger partial charge in [0.15, 0.2) is 5.82 Å². The summed E-state index contributed by atoms with van der Waals surface area (Å²) < 4.78 is 0. The zero-order valence-electron chi connectivity index (χ0n) is 6.97. The Hall–Kier alpha value is -1.59. The molecule has 1 aromatic heterocycles. The highest BCUT2D eigenvalue weighted by atomic mass is 16.4. The van der Waals surface area contributed by atoms with Crippen molar-refractivity contribution in [3.63, 3.8) is 0 Å². The van der Waals surface area contributed by atoms with Crippen molar-refractivity contribution in [3.8, 4) is 0 Å². The molecule has 1 atom stereocenters. The summed E-state index contributed by atoms with van der Waals surface area (Å²) in [5.74, 6) is -0.176. The molecule has 1 aliphatic heterocycles. The highest BCUT2D eigenvalue weighted by molar-refractivity contribution is 5.78. The molecule has 6 nitrogen and oxygen atoms in total. The minimum atomic E-state index is -0.791. The number of aromatic amines is 1. The third-order valence-corrected chi connectivity index (χ3v) is 2.24. The van der Waals surface area contributed by atoms with E-state index in [-0.39, 0.29) is 0 Å². The number of H-pyrrole nitrogens is 1. The summed E-state index contributed by atoms with van der Waals surface area (Å²) in [6.07, 6.45) is 3.19. The Morgan fingerprint density at radius 1 is 1.77 bits per heavy atom. The lowest BCUT2D eigenvalue weighted by Crippen LogP contribution is -2.36. The van der Waals surface area contributed by atoms with Gasteiger partial charge in [-0.1, -0.05) is 5.21 Å². The van der Waals surface area contributed by atoms with Gasteiger partial charge in [-0.3, -0.25) is 5.10 Å². The lowest BCUT2D eigenvalue weighted by Gasteiger charge is -2.19. The third kappa shape index (κ3) is 1.34. The van der Waals surface area contributed by atoms with Crippen LogP contribution in [0.1, 0.15) is 12.8 Å². The molecule has 0 amide bonds. The van der Waals surface area contributed by atoms with E-state index in [1.54, 1.807) is 11.1 Å². The van der Waals surface area contributed by atoms with Crippen LogP contribution in [-0.4, -0.2) is 39.1 Å². The van der Waals surface area contributed by atoms with Crippen molar-refractivity contribution in [2.75, 3.05) is 11.4 Å². The lowest BCUT2D eigenvalue weighted by molar-refractivity contribution is -0.138. The Balaban J connectivity index is 2.19. The summed E-state index contributed by atoms with van der Waals surface area (Å²) >= 11 is 0. The van der Waals surface area contributed by atoms with Crippen LogP contribution in [0.15, 0.2) is 6.20 Å². The number of carbonyl (C=O) groups is 1. The van der Waals surface area contributed by atoms with E-state index >= 15 is 0 Å². The Bertz CT molecular complexity index is 297. The largest absolute Gasteiger partial charge is 0.480 e. The number of anilines is 1. The minimum Gasteiger partial charge on any atom is -0.480 e. The predicted octanol–water partition coefficient (Wildman–Crippen LogP) is -0.142.